The van der Waals surface area contributed by atoms with Crippen LogP contribution in [0.4, 0.5) is 4.79 Å². The van der Waals surface area contributed by atoms with Crippen molar-refractivity contribution >= 4 is 22.9 Å². The van der Waals surface area contributed by atoms with Gasteiger partial charge < -0.3 is 20.4 Å². The molecule has 6 heteroatoms. The van der Waals surface area contributed by atoms with E-state index in [0.29, 0.717) is 19.4 Å². The molecule has 6 nitrogen and oxygen atoms in total. The Morgan fingerprint density at radius 3 is 2.61 bits per heavy atom. The first-order chi connectivity index (χ1) is 17.5. The molecule has 4 aromatic rings. The third-order valence-electron chi connectivity index (χ3n) is 6.97. The van der Waals surface area contributed by atoms with Crippen molar-refractivity contribution in [2.75, 3.05) is 6.54 Å². The zero-order valence-corrected chi connectivity index (χ0v) is 20.4. The molecule has 3 N–H and O–H groups in total. The van der Waals surface area contributed by atoms with Crippen molar-refractivity contribution < 1.29 is 14.3 Å². The van der Waals surface area contributed by atoms with E-state index in [1.54, 1.807) is 6.92 Å². The number of aromatic nitrogens is 1. The van der Waals surface area contributed by atoms with Crippen LogP contribution in [-0.2, 0) is 28.8 Å². The van der Waals surface area contributed by atoms with E-state index >= 15 is 0 Å². The van der Waals surface area contributed by atoms with Crippen LogP contribution >= 0.6 is 0 Å². The van der Waals surface area contributed by atoms with Gasteiger partial charge in [-0.25, -0.2) is 4.79 Å². The first kappa shape index (κ1) is 23.7. The van der Waals surface area contributed by atoms with Gasteiger partial charge in [0.15, 0.2) is 0 Å². The van der Waals surface area contributed by atoms with Crippen molar-refractivity contribution in [3.05, 3.63) is 107 Å². The number of hydrogen-bond donors (Lipinski definition) is 3. The summed E-state index contributed by atoms with van der Waals surface area (Å²) in [6.45, 7) is 2.23. The Morgan fingerprint density at radius 2 is 1.75 bits per heavy atom. The average molecular weight is 482 g/mol. The van der Waals surface area contributed by atoms with Crippen LogP contribution in [0.2, 0.25) is 0 Å². The van der Waals surface area contributed by atoms with Crippen LogP contribution in [0.15, 0.2) is 85.1 Å². The number of aryl methyl sites for hydroxylation is 1. The Hall–Kier alpha value is -4.06. The lowest BCUT2D eigenvalue weighted by Gasteiger charge is -2.30. The van der Waals surface area contributed by atoms with Crippen molar-refractivity contribution in [1.29, 1.82) is 0 Å². The molecule has 0 bridgehead atoms. The number of aromatic amines is 1. The molecule has 1 aliphatic rings. The highest BCUT2D eigenvalue weighted by Gasteiger charge is 2.37. The first-order valence-electron chi connectivity index (χ1n) is 12.5. The number of rotatable bonds is 8. The maximum Gasteiger partial charge on any atom is 0.408 e. The van der Waals surface area contributed by atoms with Crippen LogP contribution in [0, 0.1) is 0 Å². The molecule has 0 radical (unpaired) electrons. The number of para-hydroxylation sites is 1. The monoisotopic (exact) mass is 481 g/mol. The highest BCUT2D eigenvalue weighted by molar-refractivity contribution is 5.91. The zero-order chi connectivity index (χ0) is 25.0. The summed E-state index contributed by atoms with van der Waals surface area (Å²) in [6, 6.07) is 26.0. The number of hydrogen-bond acceptors (Lipinski definition) is 3. The van der Waals surface area contributed by atoms with Gasteiger partial charge in [-0.05, 0) is 54.5 Å². The Balaban J connectivity index is 1.32. The first-order valence-corrected chi connectivity index (χ1v) is 12.5. The zero-order valence-electron chi connectivity index (χ0n) is 20.4. The topological polar surface area (TPSA) is 83.2 Å². The molecule has 1 aromatic heterocycles. The van der Waals surface area contributed by atoms with Gasteiger partial charge in [0.05, 0.1) is 0 Å². The number of carbonyl (C=O) groups excluding carboxylic acids is 2. The maximum atomic E-state index is 13.5. The summed E-state index contributed by atoms with van der Waals surface area (Å²) in [5, 5.41) is 6.97. The van der Waals surface area contributed by atoms with Crippen LogP contribution in [0.25, 0.3) is 10.9 Å². The van der Waals surface area contributed by atoms with Crippen LogP contribution in [0.5, 0.6) is 0 Å². The number of nitrogens with one attached hydrogen (secondary N) is 3. The lowest BCUT2D eigenvalue weighted by molar-refractivity contribution is -0.126. The standard InChI is InChI=1S/C30H31N3O3/c1-30(19-23-20-32-26-14-8-7-12-24(23)26,28(34)31-18-17-21-9-3-2-4-10-21)33-29(35)36-27-16-15-22-11-5-6-13-25(22)27/h2-14,20,27,32H,15-19H2,1H3,(H,31,34)(H,33,35)/t27-,30-/m1/s1. The Bertz CT molecular complexity index is 1360. The molecule has 0 unspecified atom stereocenters. The Morgan fingerprint density at radius 1 is 1.00 bits per heavy atom. The fraction of sp³-hybridized carbons (Fsp3) is 0.267. The van der Waals surface area contributed by atoms with Gasteiger partial charge >= 0.3 is 6.09 Å². The number of amides is 2. The summed E-state index contributed by atoms with van der Waals surface area (Å²) in [5.41, 5.74) is 4.14. The molecule has 5 rings (SSSR count). The maximum absolute atomic E-state index is 13.5. The molecule has 3 aromatic carbocycles. The number of alkyl carbamates (subject to hydrolysis) is 1. The van der Waals surface area contributed by atoms with E-state index in [0.717, 1.165) is 40.4 Å². The number of carbonyl (C=O) groups is 2. The van der Waals surface area contributed by atoms with Crippen LogP contribution in [0.1, 0.15) is 41.7 Å². The lowest BCUT2D eigenvalue weighted by atomic mass is 9.91. The Kier molecular flexibility index (Phi) is 6.76. The summed E-state index contributed by atoms with van der Waals surface area (Å²) in [5.74, 6) is -0.243. The molecule has 0 spiro atoms. The predicted molar refractivity (Wildman–Crippen MR) is 141 cm³/mol. The second-order valence-corrected chi connectivity index (χ2v) is 9.62. The minimum atomic E-state index is -1.20. The second kappa shape index (κ2) is 10.3. The van der Waals surface area contributed by atoms with Gasteiger partial charge in [0.25, 0.3) is 0 Å². The molecule has 1 heterocycles. The molecule has 0 saturated carbocycles. The van der Waals surface area contributed by atoms with Crippen LogP contribution in [-0.4, -0.2) is 29.1 Å². The van der Waals surface area contributed by atoms with E-state index in [-0.39, 0.29) is 12.0 Å². The molecule has 2 amide bonds. The minimum absolute atomic E-state index is 0.243. The summed E-state index contributed by atoms with van der Waals surface area (Å²) < 4.78 is 5.83. The smallest absolute Gasteiger partial charge is 0.408 e. The number of fused-ring (bicyclic) bond motifs is 2. The lowest BCUT2D eigenvalue weighted by Crippen LogP contribution is -2.58. The van der Waals surface area contributed by atoms with Gasteiger partial charge in [0.2, 0.25) is 5.91 Å². The van der Waals surface area contributed by atoms with E-state index in [1.165, 1.54) is 5.56 Å². The second-order valence-electron chi connectivity index (χ2n) is 9.62. The highest BCUT2D eigenvalue weighted by atomic mass is 16.6. The molecule has 36 heavy (non-hydrogen) atoms. The van der Waals surface area contributed by atoms with Crippen molar-refractivity contribution in [1.82, 2.24) is 15.6 Å². The quantitative estimate of drug-likeness (QED) is 0.322. The molecule has 2 atom stereocenters. The van der Waals surface area contributed by atoms with Crippen molar-refractivity contribution in [3.8, 4) is 0 Å². The van der Waals surface area contributed by atoms with Crippen molar-refractivity contribution in [2.24, 2.45) is 0 Å². The number of H-pyrrole nitrogens is 1. The highest BCUT2D eigenvalue weighted by Crippen LogP contribution is 2.34. The van der Waals surface area contributed by atoms with Gasteiger partial charge in [-0.1, -0.05) is 72.8 Å². The SMILES string of the molecule is C[C@](Cc1c[nH]c2ccccc12)(NC(=O)O[C@@H]1CCc2ccccc21)C(=O)NCCc1ccccc1. The summed E-state index contributed by atoms with van der Waals surface area (Å²) in [4.78, 5) is 29.9. The van der Waals surface area contributed by atoms with Crippen LogP contribution < -0.4 is 10.6 Å². The third kappa shape index (κ3) is 5.13. The Labute approximate surface area is 211 Å². The van der Waals surface area contributed by atoms with Gasteiger partial charge in [-0.2, -0.15) is 0 Å². The van der Waals surface area contributed by atoms with Gasteiger partial charge in [-0.3, -0.25) is 4.79 Å². The summed E-state index contributed by atoms with van der Waals surface area (Å²) >= 11 is 0. The molecular weight excluding hydrogens is 450 g/mol. The van der Waals surface area contributed by atoms with Gasteiger partial charge in [0.1, 0.15) is 11.6 Å². The minimum Gasteiger partial charge on any atom is -0.441 e. The van der Waals surface area contributed by atoms with Crippen molar-refractivity contribution in [3.63, 3.8) is 0 Å². The van der Waals surface area contributed by atoms with E-state index in [2.05, 4.69) is 21.7 Å². The summed E-state index contributed by atoms with van der Waals surface area (Å²) in [7, 11) is 0. The van der Waals surface area contributed by atoms with Crippen LogP contribution in [0.3, 0.4) is 0 Å². The van der Waals surface area contributed by atoms with Crippen molar-refractivity contribution in [2.45, 2.75) is 44.2 Å². The molecule has 0 aliphatic heterocycles. The summed E-state index contributed by atoms with van der Waals surface area (Å²) in [6.07, 6.45) is 3.66. The fourth-order valence-corrected chi connectivity index (χ4v) is 5.02. The van der Waals surface area contributed by atoms with Gasteiger partial charge in [0, 0.05) is 30.1 Å². The molecule has 1 aliphatic carbocycles. The number of benzene rings is 3. The van der Waals surface area contributed by atoms with E-state index < -0.39 is 11.6 Å². The number of ether oxygens (including phenoxy) is 1. The molecule has 184 valence electrons. The average Bonchev–Trinajstić information content (AvgIpc) is 3.49. The van der Waals surface area contributed by atoms with E-state index in [4.69, 9.17) is 4.74 Å². The van der Waals surface area contributed by atoms with E-state index in [1.807, 2.05) is 79.0 Å². The molecule has 0 fully saturated rings. The predicted octanol–water partition coefficient (Wildman–Crippen LogP) is 5.24. The molecule has 0 saturated heterocycles. The van der Waals surface area contributed by atoms with E-state index in [9.17, 15) is 9.59 Å². The largest absolute Gasteiger partial charge is 0.441 e. The normalized spacial score (nSPS) is 16.2. The molecular formula is C30H31N3O3. The third-order valence-corrected chi connectivity index (χ3v) is 6.97. The fourth-order valence-electron chi connectivity index (χ4n) is 5.02. The van der Waals surface area contributed by atoms with Gasteiger partial charge in [-0.15, -0.1) is 0 Å².